The van der Waals surface area contributed by atoms with Gasteiger partial charge in [0, 0.05) is 6.08 Å². The van der Waals surface area contributed by atoms with Crippen molar-refractivity contribution in [3.05, 3.63) is 12.2 Å². The maximum absolute atomic E-state index is 9.98. The molecule has 1 atom stereocenters. The molecule has 0 radical (unpaired) electrons. The SMILES string of the molecule is CCC(C)(O)C#C/C=C/C(=O)O. The smallest absolute Gasteiger partial charge is 0.328 e. The van der Waals surface area contributed by atoms with Crippen LogP contribution in [-0.4, -0.2) is 21.8 Å². The van der Waals surface area contributed by atoms with Gasteiger partial charge in [-0.1, -0.05) is 18.8 Å². The summed E-state index contributed by atoms with van der Waals surface area (Å²) in [5, 5.41) is 17.5. The second-order valence-electron chi connectivity index (χ2n) is 2.57. The molecular formula is C9H12O3. The predicted octanol–water partition coefficient (Wildman–Crippen LogP) is 0.792. The first-order valence-corrected chi connectivity index (χ1v) is 3.62. The molecule has 0 saturated carbocycles. The Morgan fingerprint density at radius 1 is 1.67 bits per heavy atom. The molecule has 0 spiro atoms. The van der Waals surface area contributed by atoms with E-state index in [9.17, 15) is 9.90 Å². The standard InChI is InChI=1S/C9H12O3/c1-3-9(2,12)7-5-4-6-8(10)11/h4,6,12H,3H2,1-2H3,(H,10,11)/b6-4+. The van der Waals surface area contributed by atoms with Crippen LogP contribution in [0.1, 0.15) is 20.3 Å². The number of rotatable bonds is 2. The van der Waals surface area contributed by atoms with E-state index < -0.39 is 11.6 Å². The number of aliphatic hydroxyl groups is 1. The van der Waals surface area contributed by atoms with Crippen LogP contribution in [0.25, 0.3) is 0 Å². The molecule has 3 heteroatoms. The molecular weight excluding hydrogens is 156 g/mol. The van der Waals surface area contributed by atoms with Gasteiger partial charge in [0.1, 0.15) is 5.60 Å². The van der Waals surface area contributed by atoms with Crippen LogP contribution in [0.3, 0.4) is 0 Å². The normalized spacial score (nSPS) is 14.9. The molecule has 2 N–H and O–H groups in total. The Labute approximate surface area is 71.7 Å². The maximum Gasteiger partial charge on any atom is 0.328 e. The Hall–Kier alpha value is -1.27. The maximum atomic E-state index is 9.98. The molecule has 66 valence electrons. The number of carboxylic acid groups (broad SMARTS) is 1. The summed E-state index contributed by atoms with van der Waals surface area (Å²) in [5.74, 6) is 3.92. The Morgan fingerprint density at radius 2 is 2.25 bits per heavy atom. The fourth-order valence-corrected chi connectivity index (χ4v) is 0.398. The van der Waals surface area contributed by atoms with Crippen molar-refractivity contribution in [2.45, 2.75) is 25.9 Å². The average molecular weight is 168 g/mol. The molecule has 0 aromatic heterocycles. The van der Waals surface area contributed by atoms with Gasteiger partial charge in [0.25, 0.3) is 0 Å². The average Bonchev–Trinajstić information content (AvgIpc) is 1.98. The zero-order valence-corrected chi connectivity index (χ0v) is 7.16. The van der Waals surface area contributed by atoms with Crippen molar-refractivity contribution in [2.75, 3.05) is 0 Å². The molecule has 0 saturated heterocycles. The van der Waals surface area contributed by atoms with E-state index in [1.165, 1.54) is 6.08 Å². The highest BCUT2D eigenvalue weighted by molar-refractivity contribution is 5.80. The Balaban J connectivity index is 4.13. The number of carboxylic acids is 1. The van der Waals surface area contributed by atoms with Gasteiger partial charge < -0.3 is 10.2 Å². The lowest BCUT2D eigenvalue weighted by Crippen LogP contribution is -2.19. The van der Waals surface area contributed by atoms with E-state index in [1.54, 1.807) is 13.8 Å². The minimum atomic E-state index is -1.04. The Bertz CT molecular complexity index is 240. The molecule has 0 aromatic carbocycles. The minimum Gasteiger partial charge on any atom is -0.478 e. The van der Waals surface area contributed by atoms with E-state index in [4.69, 9.17) is 5.11 Å². The Morgan fingerprint density at radius 3 is 2.67 bits per heavy atom. The minimum absolute atomic E-state index is 0.515. The lowest BCUT2D eigenvalue weighted by Gasteiger charge is -2.11. The van der Waals surface area contributed by atoms with Crippen molar-refractivity contribution in [1.29, 1.82) is 0 Å². The van der Waals surface area contributed by atoms with Crippen molar-refractivity contribution < 1.29 is 15.0 Å². The summed E-state index contributed by atoms with van der Waals surface area (Å²) in [6.45, 7) is 3.38. The van der Waals surface area contributed by atoms with Crippen molar-refractivity contribution in [3.63, 3.8) is 0 Å². The highest BCUT2D eigenvalue weighted by Crippen LogP contribution is 2.04. The molecule has 0 bridgehead atoms. The number of aliphatic carboxylic acids is 1. The molecule has 0 aliphatic carbocycles. The van der Waals surface area contributed by atoms with E-state index in [-0.39, 0.29) is 0 Å². The summed E-state index contributed by atoms with van der Waals surface area (Å²) < 4.78 is 0. The molecule has 0 aliphatic rings. The molecule has 1 unspecified atom stereocenters. The predicted molar refractivity (Wildman–Crippen MR) is 45.5 cm³/mol. The van der Waals surface area contributed by atoms with Crippen molar-refractivity contribution in [2.24, 2.45) is 0 Å². The molecule has 0 aliphatic heterocycles. The van der Waals surface area contributed by atoms with Crippen LogP contribution < -0.4 is 0 Å². The second-order valence-corrected chi connectivity index (χ2v) is 2.57. The van der Waals surface area contributed by atoms with E-state index in [2.05, 4.69) is 11.8 Å². The van der Waals surface area contributed by atoms with Crippen molar-refractivity contribution >= 4 is 5.97 Å². The fraction of sp³-hybridized carbons (Fsp3) is 0.444. The zero-order valence-electron chi connectivity index (χ0n) is 7.16. The van der Waals surface area contributed by atoms with Gasteiger partial charge in [0.15, 0.2) is 0 Å². The molecule has 0 heterocycles. The molecule has 0 rings (SSSR count). The van der Waals surface area contributed by atoms with E-state index in [1.807, 2.05) is 0 Å². The van der Waals surface area contributed by atoms with Crippen LogP contribution in [0.4, 0.5) is 0 Å². The molecule has 0 amide bonds. The lowest BCUT2D eigenvalue weighted by atomic mass is 10.1. The van der Waals surface area contributed by atoms with Crippen LogP contribution in [0.15, 0.2) is 12.2 Å². The summed E-state index contributed by atoms with van der Waals surface area (Å²) in [4.78, 5) is 9.98. The van der Waals surface area contributed by atoms with Gasteiger partial charge in [-0.05, 0) is 19.4 Å². The quantitative estimate of drug-likeness (QED) is 0.473. The first-order chi connectivity index (χ1) is 5.48. The molecule has 12 heavy (non-hydrogen) atoms. The molecule has 0 fully saturated rings. The number of carbonyl (C=O) groups is 1. The van der Waals surface area contributed by atoms with Gasteiger partial charge in [-0.15, -0.1) is 0 Å². The van der Waals surface area contributed by atoms with E-state index in [0.29, 0.717) is 6.42 Å². The van der Waals surface area contributed by atoms with Crippen molar-refractivity contribution in [1.82, 2.24) is 0 Å². The number of allylic oxidation sites excluding steroid dienone is 1. The van der Waals surface area contributed by atoms with Gasteiger partial charge in [-0.3, -0.25) is 0 Å². The first-order valence-electron chi connectivity index (χ1n) is 3.62. The van der Waals surface area contributed by atoms with Crippen molar-refractivity contribution in [3.8, 4) is 11.8 Å². The van der Waals surface area contributed by atoms with E-state index in [0.717, 1.165) is 6.08 Å². The summed E-state index contributed by atoms with van der Waals surface area (Å²) in [7, 11) is 0. The zero-order chi connectivity index (χ0) is 9.61. The van der Waals surface area contributed by atoms with Crippen LogP contribution in [0.5, 0.6) is 0 Å². The largest absolute Gasteiger partial charge is 0.478 e. The molecule has 0 aromatic rings. The van der Waals surface area contributed by atoms with Gasteiger partial charge in [-0.25, -0.2) is 4.79 Å². The highest BCUT2D eigenvalue weighted by Gasteiger charge is 2.11. The molecule has 3 nitrogen and oxygen atoms in total. The van der Waals surface area contributed by atoms with Gasteiger partial charge >= 0.3 is 5.97 Å². The lowest BCUT2D eigenvalue weighted by molar-refractivity contribution is -0.131. The van der Waals surface area contributed by atoms with Gasteiger partial charge in [0.2, 0.25) is 0 Å². The van der Waals surface area contributed by atoms with Crippen LogP contribution in [0, 0.1) is 11.8 Å². The van der Waals surface area contributed by atoms with Crippen LogP contribution in [-0.2, 0) is 4.79 Å². The fourth-order valence-electron chi connectivity index (χ4n) is 0.398. The Kier molecular flexibility index (Phi) is 4.09. The van der Waals surface area contributed by atoms with Crippen LogP contribution >= 0.6 is 0 Å². The summed E-state index contributed by atoms with van der Waals surface area (Å²) >= 11 is 0. The highest BCUT2D eigenvalue weighted by atomic mass is 16.4. The third-order valence-corrected chi connectivity index (χ3v) is 1.34. The number of hydrogen-bond acceptors (Lipinski definition) is 2. The second kappa shape index (κ2) is 4.58. The monoisotopic (exact) mass is 168 g/mol. The third-order valence-electron chi connectivity index (χ3n) is 1.34. The summed E-state index contributed by atoms with van der Waals surface area (Å²) in [5.41, 5.74) is -1.02. The summed E-state index contributed by atoms with van der Waals surface area (Å²) in [6, 6.07) is 0. The summed E-state index contributed by atoms with van der Waals surface area (Å²) in [6.07, 6.45) is 2.64. The topological polar surface area (TPSA) is 57.5 Å². The third kappa shape index (κ3) is 5.51. The van der Waals surface area contributed by atoms with E-state index >= 15 is 0 Å². The number of hydrogen-bond donors (Lipinski definition) is 2. The van der Waals surface area contributed by atoms with Crippen LogP contribution in [0.2, 0.25) is 0 Å². The van der Waals surface area contributed by atoms with Gasteiger partial charge in [-0.2, -0.15) is 0 Å². The van der Waals surface area contributed by atoms with Gasteiger partial charge in [0.05, 0.1) is 0 Å². The first kappa shape index (κ1) is 10.7.